The lowest BCUT2D eigenvalue weighted by Crippen LogP contribution is -2.44. The first kappa shape index (κ1) is 12.5. The van der Waals surface area contributed by atoms with E-state index >= 15 is 0 Å². The molecule has 1 amide bonds. The van der Waals surface area contributed by atoms with E-state index in [0.717, 1.165) is 6.54 Å². The lowest BCUT2D eigenvalue weighted by atomic mass is 10.2. The smallest absolute Gasteiger partial charge is 0.236 e. The van der Waals surface area contributed by atoms with E-state index in [4.69, 9.17) is 0 Å². The van der Waals surface area contributed by atoms with Gasteiger partial charge in [0.05, 0.1) is 6.54 Å². The molecule has 0 heterocycles. The maximum absolute atomic E-state index is 11.9. The second kappa shape index (κ2) is 6.11. The van der Waals surface area contributed by atoms with Crippen LogP contribution in [0, 0.1) is 0 Å². The van der Waals surface area contributed by atoms with Crippen molar-refractivity contribution in [1.29, 1.82) is 0 Å². The number of amides is 1. The second-order valence-electron chi connectivity index (χ2n) is 4.65. The van der Waals surface area contributed by atoms with E-state index in [1.54, 1.807) is 0 Å². The Hall–Kier alpha value is -0.570. The van der Waals surface area contributed by atoms with Gasteiger partial charge in [0.1, 0.15) is 0 Å². The summed E-state index contributed by atoms with van der Waals surface area (Å²) < 4.78 is 0. The minimum absolute atomic E-state index is 0.262. The van der Waals surface area contributed by atoms with Crippen LogP contribution < -0.4 is 5.32 Å². The Labute approximate surface area is 93.2 Å². The van der Waals surface area contributed by atoms with Gasteiger partial charge in [0.25, 0.3) is 0 Å². The van der Waals surface area contributed by atoms with Crippen molar-refractivity contribution < 1.29 is 4.79 Å². The van der Waals surface area contributed by atoms with Gasteiger partial charge in [-0.15, -0.1) is 0 Å². The summed E-state index contributed by atoms with van der Waals surface area (Å²) >= 11 is 0. The number of nitrogens with one attached hydrogen (secondary N) is 1. The molecule has 1 fully saturated rings. The van der Waals surface area contributed by atoms with E-state index in [2.05, 4.69) is 26.1 Å². The first-order valence-corrected chi connectivity index (χ1v) is 6.18. The molecule has 1 N–H and O–H groups in total. The molecule has 0 saturated heterocycles. The number of carbonyl (C=O) groups is 1. The zero-order valence-electron chi connectivity index (χ0n) is 10.3. The average Bonchev–Trinajstić information content (AvgIpc) is 2.69. The summed E-state index contributed by atoms with van der Waals surface area (Å²) in [5.41, 5.74) is 0. The zero-order valence-corrected chi connectivity index (χ0v) is 10.3. The van der Waals surface area contributed by atoms with Gasteiger partial charge in [-0.3, -0.25) is 4.79 Å². The van der Waals surface area contributed by atoms with Crippen molar-refractivity contribution in [3.63, 3.8) is 0 Å². The highest BCUT2D eigenvalue weighted by Gasteiger charge is 2.24. The summed E-state index contributed by atoms with van der Waals surface area (Å²) in [5.74, 6) is 0.262. The van der Waals surface area contributed by atoms with Crippen molar-refractivity contribution in [1.82, 2.24) is 10.2 Å². The van der Waals surface area contributed by atoms with Crippen molar-refractivity contribution in [3.8, 4) is 0 Å². The van der Waals surface area contributed by atoms with Gasteiger partial charge in [-0.25, -0.2) is 0 Å². The topological polar surface area (TPSA) is 32.3 Å². The predicted molar refractivity (Wildman–Crippen MR) is 62.8 cm³/mol. The van der Waals surface area contributed by atoms with Crippen molar-refractivity contribution in [2.45, 2.75) is 58.5 Å². The number of hydrogen-bond donors (Lipinski definition) is 1. The molecule has 3 heteroatoms. The van der Waals surface area contributed by atoms with E-state index in [0.29, 0.717) is 18.6 Å². The minimum atomic E-state index is 0.262. The van der Waals surface area contributed by atoms with Crippen LogP contribution in [-0.2, 0) is 4.79 Å². The zero-order chi connectivity index (χ0) is 11.3. The van der Waals surface area contributed by atoms with Crippen LogP contribution in [0.4, 0.5) is 0 Å². The van der Waals surface area contributed by atoms with Crippen molar-refractivity contribution in [3.05, 3.63) is 0 Å². The number of rotatable bonds is 5. The fourth-order valence-electron chi connectivity index (χ4n) is 2.25. The van der Waals surface area contributed by atoms with Crippen LogP contribution in [0.2, 0.25) is 0 Å². The molecule has 0 atom stereocenters. The van der Waals surface area contributed by atoms with Gasteiger partial charge in [-0.05, 0) is 19.8 Å². The molecule has 0 aromatic rings. The number of nitrogens with zero attached hydrogens (tertiary/aromatic N) is 1. The summed E-state index contributed by atoms with van der Waals surface area (Å²) in [4.78, 5) is 14.0. The fraction of sp³-hybridized carbons (Fsp3) is 0.917. The number of carbonyl (C=O) groups excluding carboxylic acids is 1. The first-order valence-electron chi connectivity index (χ1n) is 6.18. The highest BCUT2D eigenvalue weighted by atomic mass is 16.2. The summed E-state index contributed by atoms with van der Waals surface area (Å²) in [6.45, 7) is 7.55. The molecule has 0 bridgehead atoms. The van der Waals surface area contributed by atoms with Crippen LogP contribution in [0.5, 0.6) is 0 Å². The summed E-state index contributed by atoms with van der Waals surface area (Å²) in [6.07, 6.45) is 4.96. The molecule has 0 aromatic heterocycles. The molecule has 15 heavy (non-hydrogen) atoms. The van der Waals surface area contributed by atoms with Crippen LogP contribution in [-0.4, -0.2) is 36.0 Å². The van der Waals surface area contributed by atoms with Crippen LogP contribution in [0.1, 0.15) is 46.5 Å². The van der Waals surface area contributed by atoms with Gasteiger partial charge in [0, 0.05) is 18.6 Å². The maximum atomic E-state index is 11.9. The second-order valence-corrected chi connectivity index (χ2v) is 4.65. The Balaban J connectivity index is 2.39. The Morgan fingerprint density at radius 2 is 2.00 bits per heavy atom. The average molecular weight is 212 g/mol. The molecule has 1 rings (SSSR count). The maximum Gasteiger partial charge on any atom is 0.236 e. The Bertz CT molecular complexity index is 198. The van der Waals surface area contributed by atoms with Gasteiger partial charge in [-0.2, -0.15) is 0 Å². The predicted octanol–water partition coefficient (Wildman–Crippen LogP) is 1.78. The molecule has 0 aliphatic heterocycles. The van der Waals surface area contributed by atoms with Crippen LogP contribution >= 0.6 is 0 Å². The molecule has 0 aromatic carbocycles. The van der Waals surface area contributed by atoms with E-state index < -0.39 is 0 Å². The monoisotopic (exact) mass is 212 g/mol. The third-order valence-corrected chi connectivity index (χ3v) is 3.09. The first-order chi connectivity index (χ1) is 7.15. The van der Waals surface area contributed by atoms with E-state index in [-0.39, 0.29) is 5.91 Å². The third-order valence-electron chi connectivity index (χ3n) is 3.09. The van der Waals surface area contributed by atoms with Gasteiger partial charge < -0.3 is 10.2 Å². The van der Waals surface area contributed by atoms with Gasteiger partial charge in [0.2, 0.25) is 5.91 Å². The normalized spacial score (nSPS) is 17.3. The molecule has 1 aliphatic carbocycles. The van der Waals surface area contributed by atoms with E-state index in [1.165, 1.54) is 25.7 Å². The van der Waals surface area contributed by atoms with Crippen molar-refractivity contribution in [2.75, 3.05) is 13.1 Å². The third kappa shape index (κ3) is 3.82. The number of hydrogen-bond acceptors (Lipinski definition) is 2. The molecule has 0 spiro atoms. The Kier molecular flexibility index (Phi) is 5.09. The lowest BCUT2D eigenvalue weighted by Gasteiger charge is -2.28. The fourth-order valence-corrected chi connectivity index (χ4v) is 2.25. The Morgan fingerprint density at radius 3 is 2.47 bits per heavy atom. The van der Waals surface area contributed by atoms with Gasteiger partial charge in [0.15, 0.2) is 0 Å². The lowest BCUT2D eigenvalue weighted by molar-refractivity contribution is -0.132. The molecule has 0 radical (unpaired) electrons. The Morgan fingerprint density at radius 1 is 1.40 bits per heavy atom. The van der Waals surface area contributed by atoms with Crippen LogP contribution in [0.15, 0.2) is 0 Å². The van der Waals surface area contributed by atoms with Crippen molar-refractivity contribution >= 4 is 5.91 Å². The van der Waals surface area contributed by atoms with Gasteiger partial charge >= 0.3 is 0 Å². The molecule has 0 unspecified atom stereocenters. The molecule has 1 aliphatic rings. The SMILES string of the molecule is CCN(C(=O)CNC(C)C)C1CCCC1. The van der Waals surface area contributed by atoms with Gasteiger partial charge in [-0.1, -0.05) is 26.7 Å². The molecule has 1 saturated carbocycles. The summed E-state index contributed by atoms with van der Waals surface area (Å²) in [7, 11) is 0. The molecule has 3 nitrogen and oxygen atoms in total. The van der Waals surface area contributed by atoms with Crippen LogP contribution in [0.25, 0.3) is 0 Å². The largest absolute Gasteiger partial charge is 0.339 e. The molecular formula is C12H24N2O. The quantitative estimate of drug-likeness (QED) is 0.753. The van der Waals surface area contributed by atoms with E-state index in [9.17, 15) is 4.79 Å². The highest BCUT2D eigenvalue weighted by Crippen LogP contribution is 2.23. The summed E-state index contributed by atoms with van der Waals surface area (Å²) in [5, 5.41) is 3.19. The van der Waals surface area contributed by atoms with Crippen LogP contribution in [0.3, 0.4) is 0 Å². The highest BCUT2D eigenvalue weighted by molar-refractivity contribution is 5.78. The molecule has 88 valence electrons. The van der Waals surface area contributed by atoms with E-state index in [1.807, 2.05) is 4.90 Å². The standard InChI is InChI=1S/C12H24N2O/c1-4-14(11-7-5-6-8-11)12(15)9-13-10(2)3/h10-11,13H,4-9H2,1-3H3. The van der Waals surface area contributed by atoms with Crippen molar-refractivity contribution in [2.24, 2.45) is 0 Å². The molecular weight excluding hydrogens is 188 g/mol. The minimum Gasteiger partial charge on any atom is -0.339 e. The summed E-state index contributed by atoms with van der Waals surface area (Å²) in [6, 6.07) is 0.896. The number of likely N-dealkylation sites (N-methyl/N-ethyl adjacent to an activating group) is 1.